The Morgan fingerprint density at radius 2 is 1.83 bits per heavy atom. The van der Waals surface area contributed by atoms with Crippen molar-refractivity contribution >= 4 is 10.1 Å². The van der Waals surface area contributed by atoms with Gasteiger partial charge in [0, 0.05) is 13.1 Å². The molecule has 2 rings (SSSR count). The van der Waals surface area contributed by atoms with Gasteiger partial charge in [-0.1, -0.05) is 37.3 Å². The Balaban J connectivity index is 1.91. The van der Waals surface area contributed by atoms with E-state index in [1.165, 1.54) is 12.1 Å². The van der Waals surface area contributed by atoms with E-state index >= 15 is 0 Å². The summed E-state index contributed by atoms with van der Waals surface area (Å²) in [6.45, 7) is 3.42. The van der Waals surface area contributed by atoms with Crippen molar-refractivity contribution in [2.75, 3.05) is 18.8 Å². The molecular formula is C17H20FNO3S. The highest BCUT2D eigenvalue weighted by molar-refractivity contribution is 7.87. The van der Waals surface area contributed by atoms with Crippen LogP contribution in [0.2, 0.25) is 0 Å². The van der Waals surface area contributed by atoms with E-state index in [1.807, 2.05) is 17.9 Å². The minimum Gasteiger partial charge on any atom is -0.382 e. The third kappa shape index (κ3) is 6.00. The normalized spacial score (nSPS) is 11.6. The van der Waals surface area contributed by atoms with Crippen LogP contribution in [0.15, 0.2) is 54.6 Å². The smallest absolute Gasteiger partial charge is 0.310 e. The molecule has 0 spiro atoms. The van der Waals surface area contributed by atoms with Gasteiger partial charge < -0.3 is 4.18 Å². The van der Waals surface area contributed by atoms with E-state index in [2.05, 4.69) is 0 Å². The standard InChI is InChI=1S/C17H20FNO3S/c1-2-19(14-15-7-6-8-16(18)13-15)11-12-23(20,21)22-17-9-4-3-5-10-17/h3-10,13H,2,11-12,14H2,1H3. The van der Waals surface area contributed by atoms with Gasteiger partial charge in [-0.05, 0) is 36.4 Å². The van der Waals surface area contributed by atoms with E-state index in [0.717, 1.165) is 5.56 Å². The minimum absolute atomic E-state index is 0.120. The van der Waals surface area contributed by atoms with Crippen LogP contribution in [0.3, 0.4) is 0 Å². The molecule has 0 heterocycles. The van der Waals surface area contributed by atoms with Crippen molar-refractivity contribution in [2.24, 2.45) is 0 Å². The molecule has 4 nitrogen and oxygen atoms in total. The number of nitrogens with zero attached hydrogens (tertiary/aromatic N) is 1. The predicted molar refractivity (Wildman–Crippen MR) is 88.2 cm³/mol. The molecule has 0 aliphatic carbocycles. The molecule has 0 N–H and O–H groups in total. The van der Waals surface area contributed by atoms with Crippen LogP contribution >= 0.6 is 0 Å². The molecule has 6 heteroatoms. The average molecular weight is 337 g/mol. The second-order valence-electron chi connectivity index (χ2n) is 5.16. The molecule has 0 unspecified atom stereocenters. The number of hydrogen-bond donors (Lipinski definition) is 0. The highest BCUT2D eigenvalue weighted by Crippen LogP contribution is 2.12. The topological polar surface area (TPSA) is 46.6 Å². The van der Waals surface area contributed by atoms with Crippen LogP contribution in [0.25, 0.3) is 0 Å². The van der Waals surface area contributed by atoms with E-state index in [4.69, 9.17) is 4.18 Å². The molecule has 0 aliphatic rings. The van der Waals surface area contributed by atoms with Gasteiger partial charge in [-0.15, -0.1) is 0 Å². The third-order valence-electron chi connectivity index (χ3n) is 3.37. The maximum absolute atomic E-state index is 13.2. The summed E-state index contributed by atoms with van der Waals surface area (Å²) in [5.74, 6) is -0.107. The average Bonchev–Trinajstić information content (AvgIpc) is 2.52. The van der Waals surface area contributed by atoms with Crippen molar-refractivity contribution in [1.82, 2.24) is 4.90 Å². The number of halogens is 1. The summed E-state index contributed by atoms with van der Waals surface area (Å²) in [5, 5.41) is 0. The van der Waals surface area contributed by atoms with Gasteiger partial charge in [-0.25, -0.2) is 4.39 Å². The van der Waals surface area contributed by atoms with Crippen molar-refractivity contribution in [3.63, 3.8) is 0 Å². The molecule has 0 bridgehead atoms. The van der Waals surface area contributed by atoms with Crippen molar-refractivity contribution in [3.05, 3.63) is 66.0 Å². The van der Waals surface area contributed by atoms with Crippen LogP contribution in [0.1, 0.15) is 12.5 Å². The molecule has 0 radical (unpaired) electrons. The van der Waals surface area contributed by atoms with E-state index < -0.39 is 10.1 Å². The fourth-order valence-electron chi connectivity index (χ4n) is 2.15. The Hall–Kier alpha value is -1.92. The number of para-hydroxylation sites is 1. The van der Waals surface area contributed by atoms with Crippen LogP contribution in [-0.4, -0.2) is 32.2 Å². The van der Waals surface area contributed by atoms with Crippen molar-refractivity contribution in [2.45, 2.75) is 13.5 Å². The molecule has 0 amide bonds. The van der Waals surface area contributed by atoms with E-state index in [0.29, 0.717) is 25.4 Å². The molecule has 0 fully saturated rings. The quantitative estimate of drug-likeness (QED) is 0.695. The van der Waals surface area contributed by atoms with Crippen molar-refractivity contribution in [1.29, 1.82) is 0 Å². The Morgan fingerprint density at radius 3 is 2.48 bits per heavy atom. The molecule has 0 atom stereocenters. The van der Waals surface area contributed by atoms with Crippen LogP contribution < -0.4 is 4.18 Å². The third-order valence-corrected chi connectivity index (χ3v) is 4.50. The zero-order valence-electron chi connectivity index (χ0n) is 13.0. The fraction of sp³-hybridized carbons (Fsp3) is 0.294. The van der Waals surface area contributed by atoms with Crippen LogP contribution in [0.4, 0.5) is 4.39 Å². The molecule has 124 valence electrons. The second kappa shape index (κ2) is 8.08. The highest BCUT2D eigenvalue weighted by atomic mass is 32.2. The Labute approximate surface area is 136 Å². The maximum atomic E-state index is 13.2. The Kier molecular flexibility index (Phi) is 6.12. The summed E-state index contributed by atoms with van der Waals surface area (Å²) in [7, 11) is -3.66. The zero-order chi connectivity index (χ0) is 16.7. The lowest BCUT2D eigenvalue weighted by Crippen LogP contribution is -2.30. The van der Waals surface area contributed by atoms with Gasteiger partial charge in [0.15, 0.2) is 0 Å². The summed E-state index contributed by atoms with van der Waals surface area (Å²) < 4.78 is 42.3. The summed E-state index contributed by atoms with van der Waals surface area (Å²) >= 11 is 0. The zero-order valence-corrected chi connectivity index (χ0v) is 13.8. The monoisotopic (exact) mass is 337 g/mol. The van der Waals surface area contributed by atoms with Gasteiger partial charge in [0.1, 0.15) is 11.6 Å². The Morgan fingerprint density at radius 1 is 1.09 bits per heavy atom. The van der Waals surface area contributed by atoms with Crippen molar-refractivity contribution in [3.8, 4) is 5.75 Å². The SMILES string of the molecule is CCN(CCS(=O)(=O)Oc1ccccc1)Cc1cccc(F)c1. The lowest BCUT2D eigenvalue weighted by Gasteiger charge is -2.20. The molecule has 0 aromatic heterocycles. The molecular weight excluding hydrogens is 317 g/mol. The first-order chi connectivity index (χ1) is 11.0. The number of benzene rings is 2. The number of hydrogen-bond acceptors (Lipinski definition) is 4. The first kappa shape index (κ1) is 17.4. The minimum atomic E-state index is -3.66. The Bertz CT molecular complexity index is 720. The van der Waals surface area contributed by atoms with Gasteiger partial charge in [-0.3, -0.25) is 4.90 Å². The highest BCUT2D eigenvalue weighted by Gasteiger charge is 2.15. The first-order valence-electron chi connectivity index (χ1n) is 7.42. The van der Waals surface area contributed by atoms with Crippen molar-refractivity contribution < 1.29 is 17.0 Å². The fourth-order valence-corrected chi connectivity index (χ4v) is 3.12. The summed E-state index contributed by atoms with van der Waals surface area (Å²) in [5.41, 5.74) is 0.813. The summed E-state index contributed by atoms with van der Waals surface area (Å²) in [4.78, 5) is 1.93. The van der Waals surface area contributed by atoms with E-state index in [-0.39, 0.29) is 11.6 Å². The van der Waals surface area contributed by atoms with Gasteiger partial charge in [0.2, 0.25) is 0 Å². The lowest BCUT2D eigenvalue weighted by atomic mass is 10.2. The summed E-state index contributed by atoms with van der Waals surface area (Å²) in [6.07, 6.45) is 0. The number of rotatable bonds is 8. The maximum Gasteiger partial charge on any atom is 0.310 e. The van der Waals surface area contributed by atoms with Crippen LogP contribution in [0, 0.1) is 5.82 Å². The molecule has 2 aromatic rings. The van der Waals surface area contributed by atoms with E-state index in [1.54, 1.807) is 36.4 Å². The predicted octanol–water partition coefficient (Wildman–Crippen LogP) is 3.06. The van der Waals surface area contributed by atoms with E-state index in [9.17, 15) is 12.8 Å². The largest absolute Gasteiger partial charge is 0.382 e. The van der Waals surface area contributed by atoms with Gasteiger partial charge >= 0.3 is 10.1 Å². The molecule has 0 saturated heterocycles. The molecule has 2 aromatic carbocycles. The lowest BCUT2D eigenvalue weighted by molar-refractivity contribution is 0.294. The van der Waals surface area contributed by atoms with Gasteiger partial charge in [0.05, 0.1) is 5.75 Å². The molecule has 0 aliphatic heterocycles. The van der Waals surface area contributed by atoms with Crippen LogP contribution in [-0.2, 0) is 16.7 Å². The first-order valence-corrected chi connectivity index (χ1v) is 9.00. The van der Waals surface area contributed by atoms with Crippen LogP contribution in [0.5, 0.6) is 5.75 Å². The second-order valence-corrected chi connectivity index (χ2v) is 6.85. The molecule has 23 heavy (non-hydrogen) atoms. The van der Waals surface area contributed by atoms with Gasteiger partial charge in [-0.2, -0.15) is 8.42 Å². The van der Waals surface area contributed by atoms with Gasteiger partial charge in [0.25, 0.3) is 0 Å². The molecule has 0 saturated carbocycles. The summed E-state index contributed by atoms with van der Waals surface area (Å²) in [6, 6.07) is 14.7.